The number of benzene rings is 1. The molecule has 4 nitrogen and oxygen atoms in total. The van der Waals surface area contributed by atoms with Crippen molar-refractivity contribution in [3.8, 4) is 11.8 Å². The molecule has 0 aromatic heterocycles. The number of ether oxygens (including phenoxy) is 2. The molecule has 4 heteroatoms. The van der Waals surface area contributed by atoms with E-state index in [4.69, 9.17) is 14.7 Å². The lowest BCUT2D eigenvalue weighted by molar-refractivity contribution is -0.137. The topological polar surface area (TPSA) is 59.3 Å². The van der Waals surface area contributed by atoms with Gasteiger partial charge in [0.15, 0.2) is 0 Å². The number of carbonyl (C=O) groups is 1. The zero-order chi connectivity index (χ0) is 15.0. The lowest BCUT2D eigenvalue weighted by atomic mass is 10.1. The molecule has 104 valence electrons. The monoisotopic (exact) mass is 271 g/mol. The molecule has 0 radical (unpaired) electrons. The lowest BCUT2D eigenvalue weighted by Gasteiger charge is -2.12. The van der Waals surface area contributed by atoms with Crippen molar-refractivity contribution in [2.75, 3.05) is 6.61 Å². The predicted octanol–water partition coefficient (Wildman–Crippen LogP) is 3.11. The minimum Gasteiger partial charge on any atom is -0.490 e. The van der Waals surface area contributed by atoms with Crippen LogP contribution in [0.3, 0.4) is 0 Å². The van der Waals surface area contributed by atoms with Crippen LogP contribution in [0.15, 0.2) is 42.5 Å². The highest BCUT2D eigenvalue weighted by atomic mass is 16.5. The maximum Gasteiger partial charge on any atom is 0.349 e. The first kappa shape index (κ1) is 15.5. The highest BCUT2D eigenvalue weighted by Gasteiger charge is 2.12. The third-order valence-corrected chi connectivity index (χ3v) is 2.25. The van der Waals surface area contributed by atoms with E-state index in [-0.39, 0.29) is 18.3 Å². The standard InChI is InChI=1S/C16H17NO3/c1-4-9-19-16(18)14(11-17)10-13-7-5-6-8-15(13)20-12(2)3/h4-8,10,12H,1,9H2,2-3H3. The van der Waals surface area contributed by atoms with Gasteiger partial charge >= 0.3 is 5.97 Å². The van der Waals surface area contributed by atoms with E-state index in [2.05, 4.69) is 6.58 Å². The average molecular weight is 271 g/mol. The number of nitrogens with zero attached hydrogens (tertiary/aromatic N) is 1. The zero-order valence-electron chi connectivity index (χ0n) is 11.6. The lowest BCUT2D eigenvalue weighted by Crippen LogP contribution is -2.08. The van der Waals surface area contributed by atoms with E-state index in [1.54, 1.807) is 12.1 Å². The van der Waals surface area contributed by atoms with Crippen molar-refractivity contribution < 1.29 is 14.3 Å². The van der Waals surface area contributed by atoms with Gasteiger partial charge in [0, 0.05) is 5.56 Å². The molecule has 1 aromatic carbocycles. The molecule has 0 fully saturated rings. The van der Waals surface area contributed by atoms with E-state index in [0.29, 0.717) is 11.3 Å². The summed E-state index contributed by atoms with van der Waals surface area (Å²) in [6, 6.07) is 9.04. The van der Waals surface area contributed by atoms with E-state index in [1.807, 2.05) is 32.0 Å². The molecule has 0 spiro atoms. The fourth-order valence-corrected chi connectivity index (χ4v) is 1.47. The predicted molar refractivity (Wildman–Crippen MR) is 77.0 cm³/mol. The fraction of sp³-hybridized carbons (Fsp3) is 0.250. The van der Waals surface area contributed by atoms with Crippen molar-refractivity contribution in [2.24, 2.45) is 0 Å². The first-order valence-corrected chi connectivity index (χ1v) is 6.24. The largest absolute Gasteiger partial charge is 0.490 e. The Bertz CT molecular complexity index is 553. The van der Waals surface area contributed by atoms with Crippen molar-refractivity contribution in [3.63, 3.8) is 0 Å². The molecule has 0 aliphatic carbocycles. The Balaban J connectivity index is 3.04. The fourth-order valence-electron chi connectivity index (χ4n) is 1.47. The van der Waals surface area contributed by atoms with Crippen LogP contribution in [-0.2, 0) is 9.53 Å². The number of nitriles is 1. The van der Waals surface area contributed by atoms with E-state index in [9.17, 15) is 4.79 Å². The van der Waals surface area contributed by atoms with Gasteiger partial charge in [0.05, 0.1) is 6.10 Å². The number of para-hydroxylation sites is 1. The van der Waals surface area contributed by atoms with E-state index in [0.717, 1.165) is 0 Å². The van der Waals surface area contributed by atoms with Gasteiger partial charge < -0.3 is 9.47 Å². The molecule has 20 heavy (non-hydrogen) atoms. The van der Waals surface area contributed by atoms with Crippen molar-refractivity contribution in [1.29, 1.82) is 5.26 Å². The quantitative estimate of drug-likeness (QED) is 0.345. The second kappa shape index (κ2) is 7.80. The summed E-state index contributed by atoms with van der Waals surface area (Å²) >= 11 is 0. The molecular weight excluding hydrogens is 254 g/mol. The van der Waals surface area contributed by atoms with Crippen LogP contribution in [0.2, 0.25) is 0 Å². The Hall–Kier alpha value is -2.54. The maximum atomic E-state index is 11.7. The number of rotatable bonds is 6. The molecule has 0 amide bonds. The summed E-state index contributed by atoms with van der Waals surface area (Å²) in [5.41, 5.74) is 0.583. The van der Waals surface area contributed by atoms with Crippen molar-refractivity contribution >= 4 is 12.0 Å². The summed E-state index contributed by atoms with van der Waals surface area (Å²) in [4.78, 5) is 11.7. The SMILES string of the molecule is C=CCOC(=O)C(C#N)=Cc1ccccc1OC(C)C. The highest BCUT2D eigenvalue weighted by Crippen LogP contribution is 2.22. The minimum atomic E-state index is -0.674. The third-order valence-electron chi connectivity index (χ3n) is 2.25. The van der Waals surface area contributed by atoms with Crippen LogP contribution >= 0.6 is 0 Å². The second-order valence-corrected chi connectivity index (χ2v) is 4.26. The van der Waals surface area contributed by atoms with Gasteiger partial charge in [-0.25, -0.2) is 4.79 Å². The Morgan fingerprint density at radius 3 is 2.75 bits per heavy atom. The third kappa shape index (κ3) is 4.62. The molecule has 0 heterocycles. The first-order chi connectivity index (χ1) is 9.58. The molecule has 0 saturated heterocycles. The molecule has 0 aliphatic heterocycles. The van der Waals surface area contributed by atoms with E-state index >= 15 is 0 Å². The molecule has 0 saturated carbocycles. The van der Waals surface area contributed by atoms with Crippen LogP contribution in [0.25, 0.3) is 6.08 Å². The summed E-state index contributed by atoms with van der Waals surface area (Å²) in [6.45, 7) is 7.33. The molecule has 0 unspecified atom stereocenters. The molecule has 0 bridgehead atoms. The average Bonchev–Trinajstić information content (AvgIpc) is 2.43. The zero-order valence-corrected chi connectivity index (χ0v) is 11.6. The van der Waals surface area contributed by atoms with Gasteiger partial charge in [-0.2, -0.15) is 5.26 Å². The van der Waals surface area contributed by atoms with Gasteiger partial charge in [0.2, 0.25) is 0 Å². The molecule has 0 atom stereocenters. The Kier molecular flexibility index (Phi) is 6.05. The minimum absolute atomic E-state index is 0.00260. The van der Waals surface area contributed by atoms with Crippen LogP contribution in [0.4, 0.5) is 0 Å². The van der Waals surface area contributed by atoms with Crippen molar-refractivity contribution in [2.45, 2.75) is 20.0 Å². The molecule has 1 aromatic rings. The van der Waals surface area contributed by atoms with Gasteiger partial charge in [-0.15, -0.1) is 0 Å². The van der Waals surface area contributed by atoms with Gasteiger partial charge in [-0.1, -0.05) is 30.9 Å². The summed E-state index contributed by atoms with van der Waals surface area (Å²) < 4.78 is 10.5. The van der Waals surface area contributed by atoms with Gasteiger partial charge in [0.25, 0.3) is 0 Å². The van der Waals surface area contributed by atoms with Crippen molar-refractivity contribution in [3.05, 3.63) is 48.1 Å². The number of esters is 1. The van der Waals surface area contributed by atoms with Crippen LogP contribution < -0.4 is 4.74 Å². The molecule has 0 N–H and O–H groups in total. The highest BCUT2D eigenvalue weighted by molar-refractivity contribution is 5.98. The summed E-state index contributed by atoms with van der Waals surface area (Å²) in [7, 11) is 0. The number of hydrogen-bond donors (Lipinski definition) is 0. The maximum absolute atomic E-state index is 11.7. The first-order valence-electron chi connectivity index (χ1n) is 6.24. The van der Waals surface area contributed by atoms with Gasteiger partial charge in [-0.05, 0) is 26.0 Å². The smallest absolute Gasteiger partial charge is 0.349 e. The van der Waals surface area contributed by atoms with Gasteiger partial charge in [0.1, 0.15) is 24.0 Å². The molecule has 1 rings (SSSR count). The summed E-state index contributed by atoms with van der Waals surface area (Å²) in [5.74, 6) is -0.0569. The van der Waals surface area contributed by atoms with Crippen LogP contribution in [0, 0.1) is 11.3 Å². The van der Waals surface area contributed by atoms with Gasteiger partial charge in [-0.3, -0.25) is 0 Å². The Morgan fingerprint density at radius 1 is 1.45 bits per heavy atom. The Labute approximate surface area is 118 Å². The molecule has 0 aliphatic rings. The summed E-state index contributed by atoms with van der Waals surface area (Å²) in [6.07, 6.45) is 2.91. The van der Waals surface area contributed by atoms with Crippen LogP contribution in [0.1, 0.15) is 19.4 Å². The molecular formula is C16H17NO3. The normalized spacial score (nSPS) is 10.8. The van der Waals surface area contributed by atoms with Crippen LogP contribution in [0.5, 0.6) is 5.75 Å². The Morgan fingerprint density at radius 2 is 2.15 bits per heavy atom. The second-order valence-electron chi connectivity index (χ2n) is 4.26. The van der Waals surface area contributed by atoms with E-state index in [1.165, 1.54) is 12.2 Å². The number of carbonyl (C=O) groups excluding carboxylic acids is 1. The van der Waals surface area contributed by atoms with E-state index < -0.39 is 5.97 Å². The summed E-state index contributed by atoms with van der Waals surface area (Å²) in [5, 5.41) is 9.04. The van der Waals surface area contributed by atoms with Crippen LogP contribution in [-0.4, -0.2) is 18.7 Å². The van der Waals surface area contributed by atoms with Crippen molar-refractivity contribution in [1.82, 2.24) is 0 Å². The number of hydrogen-bond acceptors (Lipinski definition) is 4.